The van der Waals surface area contributed by atoms with Gasteiger partial charge in [-0.1, -0.05) is 34.1 Å². The van der Waals surface area contributed by atoms with Gasteiger partial charge in [0.1, 0.15) is 0 Å². The van der Waals surface area contributed by atoms with Crippen molar-refractivity contribution in [3.05, 3.63) is 0 Å². The van der Waals surface area contributed by atoms with Crippen molar-refractivity contribution in [3.63, 3.8) is 0 Å². The minimum Gasteiger partial charge on any atom is -0.361 e. The van der Waals surface area contributed by atoms with Crippen LogP contribution < -0.4 is 10.6 Å². The number of nitrogens with one attached hydrogen (secondary N) is 2. The topological polar surface area (TPSA) is 24.1 Å². The largest absolute Gasteiger partial charge is 0.361 e. The van der Waals surface area contributed by atoms with Gasteiger partial charge in [-0.05, 0) is 62.6 Å². The van der Waals surface area contributed by atoms with E-state index in [1.165, 1.54) is 19.3 Å². The predicted molar refractivity (Wildman–Crippen MR) is 88.3 cm³/mol. The normalized spacial score (nSPS) is 27.9. The third kappa shape index (κ3) is 4.94. The van der Waals surface area contributed by atoms with Crippen molar-refractivity contribution in [1.29, 1.82) is 0 Å². The van der Waals surface area contributed by atoms with Crippen LogP contribution in [0.4, 0.5) is 0 Å². The van der Waals surface area contributed by atoms with Crippen molar-refractivity contribution in [2.75, 3.05) is 0 Å². The van der Waals surface area contributed by atoms with Crippen molar-refractivity contribution < 1.29 is 0 Å². The SMILES string of the molecule is CC(C)NC(=S)NC1C(C(C)C)CCCC1C(C)C. The summed E-state index contributed by atoms with van der Waals surface area (Å²) in [5.41, 5.74) is 0. The first-order valence-corrected chi connectivity index (χ1v) is 8.30. The standard InChI is InChI=1S/C16H32N2S/c1-10(2)13-8-7-9-14(11(3)4)15(13)18-16(19)17-12(5)6/h10-15H,7-9H2,1-6H3,(H2,17,18,19). The van der Waals surface area contributed by atoms with Gasteiger partial charge in [-0.25, -0.2) is 0 Å². The fourth-order valence-corrected chi connectivity index (χ4v) is 3.80. The third-order valence-corrected chi connectivity index (χ3v) is 4.66. The average molecular weight is 285 g/mol. The maximum Gasteiger partial charge on any atom is 0.166 e. The lowest BCUT2D eigenvalue weighted by Gasteiger charge is -2.43. The van der Waals surface area contributed by atoms with Crippen LogP contribution in [-0.2, 0) is 0 Å². The van der Waals surface area contributed by atoms with E-state index >= 15 is 0 Å². The van der Waals surface area contributed by atoms with Crippen LogP contribution in [0, 0.1) is 23.7 Å². The van der Waals surface area contributed by atoms with Gasteiger partial charge >= 0.3 is 0 Å². The Kier molecular flexibility index (Phi) is 6.58. The van der Waals surface area contributed by atoms with Gasteiger partial charge in [-0.15, -0.1) is 0 Å². The molecule has 0 saturated heterocycles. The molecule has 2 nitrogen and oxygen atoms in total. The number of hydrogen-bond acceptors (Lipinski definition) is 1. The molecule has 2 atom stereocenters. The minimum absolute atomic E-state index is 0.401. The minimum atomic E-state index is 0.401. The van der Waals surface area contributed by atoms with Crippen LogP contribution in [0.3, 0.4) is 0 Å². The first kappa shape index (κ1) is 16.7. The molecule has 0 radical (unpaired) electrons. The smallest absolute Gasteiger partial charge is 0.166 e. The van der Waals surface area contributed by atoms with Gasteiger partial charge in [0.05, 0.1) is 0 Å². The summed E-state index contributed by atoms with van der Waals surface area (Å²) in [6.07, 6.45) is 4.04. The van der Waals surface area contributed by atoms with E-state index in [1.54, 1.807) is 0 Å². The maximum atomic E-state index is 5.47. The molecule has 0 spiro atoms. The molecule has 0 aromatic heterocycles. The quantitative estimate of drug-likeness (QED) is 0.764. The van der Waals surface area contributed by atoms with Crippen LogP contribution in [0.2, 0.25) is 0 Å². The highest BCUT2D eigenvalue weighted by molar-refractivity contribution is 7.80. The van der Waals surface area contributed by atoms with Gasteiger partial charge in [-0.2, -0.15) is 0 Å². The molecule has 1 aliphatic carbocycles. The molecule has 0 aromatic rings. The van der Waals surface area contributed by atoms with E-state index in [2.05, 4.69) is 52.2 Å². The Labute approximate surface area is 125 Å². The highest BCUT2D eigenvalue weighted by Gasteiger charge is 2.36. The van der Waals surface area contributed by atoms with Crippen LogP contribution in [0.15, 0.2) is 0 Å². The van der Waals surface area contributed by atoms with Crippen LogP contribution >= 0.6 is 12.2 Å². The lowest BCUT2D eigenvalue weighted by molar-refractivity contribution is 0.127. The maximum absolute atomic E-state index is 5.47. The van der Waals surface area contributed by atoms with Crippen LogP contribution in [0.5, 0.6) is 0 Å². The van der Waals surface area contributed by atoms with E-state index in [4.69, 9.17) is 12.2 Å². The first-order valence-electron chi connectivity index (χ1n) is 7.90. The molecule has 1 rings (SSSR count). The van der Waals surface area contributed by atoms with Crippen molar-refractivity contribution >= 4 is 17.3 Å². The van der Waals surface area contributed by atoms with E-state index < -0.39 is 0 Å². The van der Waals surface area contributed by atoms with Crippen molar-refractivity contribution in [2.24, 2.45) is 23.7 Å². The Hall–Kier alpha value is -0.310. The van der Waals surface area contributed by atoms with Crippen molar-refractivity contribution in [3.8, 4) is 0 Å². The van der Waals surface area contributed by atoms with E-state index in [0.717, 1.165) is 28.8 Å². The molecule has 3 heteroatoms. The molecule has 19 heavy (non-hydrogen) atoms. The molecule has 1 aliphatic rings. The first-order chi connectivity index (χ1) is 8.82. The van der Waals surface area contributed by atoms with Crippen molar-refractivity contribution in [2.45, 2.75) is 72.9 Å². The highest BCUT2D eigenvalue weighted by Crippen LogP contribution is 2.37. The Morgan fingerprint density at radius 1 is 0.947 bits per heavy atom. The Morgan fingerprint density at radius 2 is 1.42 bits per heavy atom. The fraction of sp³-hybridized carbons (Fsp3) is 0.938. The number of hydrogen-bond donors (Lipinski definition) is 2. The molecule has 0 bridgehead atoms. The summed E-state index contributed by atoms with van der Waals surface area (Å²) in [7, 11) is 0. The monoisotopic (exact) mass is 284 g/mol. The van der Waals surface area contributed by atoms with E-state index in [-0.39, 0.29) is 0 Å². The number of rotatable bonds is 4. The zero-order valence-electron chi connectivity index (χ0n) is 13.5. The van der Waals surface area contributed by atoms with Crippen molar-refractivity contribution in [1.82, 2.24) is 10.6 Å². The Balaban J connectivity index is 2.76. The van der Waals surface area contributed by atoms with Gasteiger partial charge in [0.2, 0.25) is 0 Å². The molecule has 1 saturated carbocycles. The van der Waals surface area contributed by atoms with E-state index in [1.807, 2.05) is 0 Å². The molecule has 2 N–H and O–H groups in total. The molecule has 0 aliphatic heterocycles. The zero-order chi connectivity index (χ0) is 14.6. The second-order valence-electron chi connectivity index (χ2n) is 7.04. The van der Waals surface area contributed by atoms with Crippen LogP contribution in [0.25, 0.3) is 0 Å². The highest BCUT2D eigenvalue weighted by atomic mass is 32.1. The summed E-state index contributed by atoms with van der Waals surface area (Å²) < 4.78 is 0. The van der Waals surface area contributed by atoms with Crippen LogP contribution in [0.1, 0.15) is 60.8 Å². The zero-order valence-corrected chi connectivity index (χ0v) is 14.3. The third-order valence-electron chi connectivity index (χ3n) is 4.43. The summed E-state index contributed by atoms with van der Waals surface area (Å²) in [6.45, 7) is 13.7. The lowest BCUT2D eigenvalue weighted by atomic mass is 9.68. The van der Waals surface area contributed by atoms with Gasteiger partial charge in [0.15, 0.2) is 5.11 Å². The average Bonchev–Trinajstić information content (AvgIpc) is 2.27. The van der Waals surface area contributed by atoms with Gasteiger partial charge in [0.25, 0.3) is 0 Å². The molecule has 0 aromatic carbocycles. The molecule has 0 heterocycles. The molecular weight excluding hydrogens is 252 g/mol. The predicted octanol–water partition coefficient (Wildman–Crippen LogP) is 3.96. The Morgan fingerprint density at radius 3 is 1.79 bits per heavy atom. The van der Waals surface area contributed by atoms with Crippen LogP contribution in [-0.4, -0.2) is 17.2 Å². The second kappa shape index (κ2) is 7.47. The summed E-state index contributed by atoms with van der Waals surface area (Å²) in [5, 5.41) is 7.79. The molecule has 1 fully saturated rings. The van der Waals surface area contributed by atoms with Gasteiger partial charge in [-0.3, -0.25) is 0 Å². The van der Waals surface area contributed by atoms with Gasteiger partial charge in [0, 0.05) is 12.1 Å². The molecule has 0 amide bonds. The van der Waals surface area contributed by atoms with E-state index in [9.17, 15) is 0 Å². The number of thiocarbonyl (C=S) groups is 1. The molecule has 112 valence electrons. The summed E-state index contributed by atoms with van der Waals surface area (Å²) >= 11 is 5.47. The van der Waals surface area contributed by atoms with Gasteiger partial charge < -0.3 is 10.6 Å². The summed E-state index contributed by atoms with van der Waals surface area (Å²) in [5.74, 6) is 2.93. The summed E-state index contributed by atoms with van der Waals surface area (Å²) in [6, 6.07) is 0.936. The Bertz CT molecular complexity index is 270. The summed E-state index contributed by atoms with van der Waals surface area (Å²) in [4.78, 5) is 0. The second-order valence-corrected chi connectivity index (χ2v) is 7.45. The fourth-order valence-electron chi connectivity index (χ4n) is 3.43. The molecular formula is C16H32N2S. The van der Waals surface area contributed by atoms with E-state index in [0.29, 0.717) is 12.1 Å². The lowest BCUT2D eigenvalue weighted by Crippen LogP contribution is -2.54. The molecule has 2 unspecified atom stereocenters.